The first-order chi connectivity index (χ1) is 4.79. The molecule has 4 saturated carbocycles. The van der Waals surface area contributed by atoms with Crippen molar-refractivity contribution < 1.29 is 9.90 Å². The van der Waals surface area contributed by atoms with Gasteiger partial charge in [-0.2, -0.15) is 0 Å². The van der Waals surface area contributed by atoms with E-state index in [1.807, 2.05) is 0 Å². The second-order valence-electron chi connectivity index (χ2n) is 4.00. The van der Waals surface area contributed by atoms with E-state index in [0.29, 0.717) is 11.8 Å². The van der Waals surface area contributed by atoms with Gasteiger partial charge in [0.15, 0.2) is 0 Å². The molecule has 0 aromatic carbocycles. The molecule has 4 rings (SSSR count). The zero-order valence-corrected chi connectivity index (χ0v) is 5.66. The van der Waals surface area contributed by atoms with Crippen LogP contribution in [-0.4, -0.2) is 11.1 Å². The molecule has 0 saturated heterocycles. The average molecular weight is 138 g/mol. The molecule has 4 aliphatic carbocycles. The van der Waals surface area contributed by atoms with Crippen molar-refractivity contribution in [1.29, 1.82) is 0 Å². The number of rotatable bonds is 1. The van der Waals surface area contributed by atoms with Crippen molar-refractivity contribution in [3.8, 4) is 0 Å². The molecule has 0 spiro atoms. The summed E-state index contributed by atoms with van der Waals surface area (Å²) in [6, 6.07) is 0. The van der Waals surface area contributed by atoms with E-state index in [-0.39, 0.29) is 5.92 Å². The number of hydrogen-bond donors (Lipinski definition) is 1. The molecule has 3 atom stereocenters. The molecule has 0 amide bonds. The summed E-state index contributed by atoms with van der Waals surface area (Å²) >= 11 is 0. The van der Waals surface area contributed by atoms with Gasteiger partial charge in [0.05, 0.1) is 5.92 Å². The third-order valence-corrected chi connectivity index (χ3v) is 3.76. The number of carboxylic acids is 1. The highest BCUT2D eigenvalue weighted by Crippen LogP contribution is 2.73. The molecule has 2 nitrogen and oxygen atoms in total. The van der Waals surface area contributed by atoms with Gasteiger partial charge in [-0.1, -0.05) is 0 Å². The van der Waals surface area contributed by atoms with Gasteiger partial charge in [0.25, 0.3) is 0 Å². The molecule has 0 aliphatic heterocycles. The molecule has 2 heteroatoms. The second kappa shape index (κ2) is 1.25. The van der Waals surface area contributed by atoms with Crippen molar-refractivity contribution in [1.82, 2.24) is 0 Å². The molecule has 0 radical (unpaired) electrons. The minimum Gasteiger partial charge on any atom is -0.481 e. The lowest BCUT2D eigenvalue weighted by molar-refractivity contribution is -0.143. The van der Waals surface area contributed by atoms with Crippen LogP contribution in [-0.2, 0) is 4.79 Å². The lowest BCUT2D eigenvalue weighted by Gasteiger charge is -2.06. The van der Waals surface area contributed by atoms with E-state index in [4.69, 9.17) is 5.11 Å². The van der Waals surface area contributed by atoms with Crippen LogP contribution >= 0.6 is 0 Å². The van der Waals surface area contributed by atoms with E-state index >= 15 is 0 Å². The van der Waals surface area contributed by atoms with E-state index in [2.05, 4.69) is 0 Å². The third-order valence-electron chi connectivity index (χ3n) is 3.76. The Hall–Kier alpha value is -0.530. The minimum absolute atomic E-state index is 0.0648. The number of hydrogen-bond acceptors (Lipinski definition) is 1. The zero-order valence-electron chi connectivity index (χ0n) is 5.66. The summed E-state index contributed by atoms with van der Waals surface area (Å²) in [6.07, 6.45) is 2.46. The van der Waals surface area contributed by atoms with Crippen LogP contribution < -0.4 is 0 Å². The molecule has 1 N–H and O–H groups in total. The molecule has 0 aromatic rings. The fraction of sp³-hybridized carbons (Fsp3) is 0.875. The maximum Gasteiger partial charge on any atom is 0.307 e. The van der Waals surface area contributed by atoms with E-state index in [1.54, 1.807) is 0 Å². The minimum atomic E-state index is -0.530. The first kappa shape index (κ1) is 5.16. The molecular formula is C8H10O2. The van der Waals surface area contributed by atoms with Crippen molar-refractivity contribution in [3.05, 3.63) is 0 Å². The second-order valence-corrected chi connectivity index (χ2v) is 4.00. The van der Waals surface area contributed by atoms with Gasteiger partial charge >= 0.3 is 5.97 Å². The normalized spacial score (nSPS) is 61.0. The molecule has 0 heterocycles. The fourth-order valence-electron chi connectivity index (χ4n) is 3.44. The summed E-state index contributed by atoms with van der Waals surface area (Å²) in [5.74, 6) is 2.39. The van der Waals surface area contributed by atoms with Crippen molar-refractivity contribution in [2.24, 2.45) is 29.6 Å². The monoisotopic (exact) mass is 138 g/mol. The highest BCUT2D eigenvalue weighted by molar-refractivity contribution is 5.73. The van der Waals surface area contributed by atoms with Crippen LogP contribution in [0.15, 0.2) is 0 Å². The third kappa shape index (κ3) is 0.360. The highest BCUT2D eigenvalue weighted by Gasteiger charge is 2.70. The lowest BCUT2D eigenvalue weighted by Crippen LogP contribution is -2.16. The number of carbonyl (C=O) groups is 1. The van der Waals surface area contributed by atoms with Crippen LogP contribution in [0.4, 0.5) is 0 Å². The smallest absolute Gasteiger partial charge is 0.307 e. The summed E-state index contributed by atoms with van der Waals surface area (Å²) in [7, 11) is 0. The predicted molar refractivity (Wildman–Crippen MR) is 34.3 cm³/mol. The van der Waals surface area contributed by atoms with Crippen molar-refractivity contribution in [3.63, 3.8) is 0 Å². The first-order valence-corrected chi connectivity index (χ1v) is 4.02. The van der Waals surface area contributed by atoms with Crippen molar-refractivity contribution in [2.75, 3.05) is 0 Å². The Morgan fingerprint density at radius 2 is 1.90 bits per heavy atom. The largest absolute Gasteiger partial charge is 0.481 e. The summed E-state index contributed by atoms with van der Waals surface area (Å²) in [6.45, 7) is 0. The van der Waals surface area contributed by atoms with Crippen LogP contribution in [0.5, 0.6) is 0 Å². The van der Waals surface area contributed by atoms with Crippen LogP contribution in [0.1, 0.15) is 12.8 Å². The summed E-state index contributed by atoms with van der Waals surface area (Å²) in [5, 5.41) is 8.81. The van der Waals surface area contributed by atoms with Crippen LogP contribution in [0, 0.1) is 29.6 Å². The molecule has 10 heavy (non-hydrogen) atoms. The Labute approximate surface area is 59.2 Å². The number of carboxylic acid groups (broad SMARTS) is 1. The topological polar surface area (TPSA) is 37.3 Å². The molecule has 4 bridgehead atoms. The van der Waals surface area contributed by atoms with Gasteiger partial charge in [-0.25, -0.2) is 0 Å². The summed E-state index contributed by atoms with van der Waals surface area (Å²) in [5.41, 5.74) is 0. The van der Waals surface area contributed by atoms with Crippen LogP contribution in [0.2, 0.25) is 0 Å². The Balaban J connectivity index is 1.97. The summed E-state index contributed by atoms with van der Waals surface area (Å²) < 4.78 is 0. The average Bonchev–Trinajstić information content (AvgIpc) is 2.38. The molecule has 4 aliphatic rings. The van der Waals surface area contributed by atoms with Gasteiger partial charge in [-0.3, -0.25) is 4.79 Å². The maximum absolute atomic E-state index is 10.7. The predicted octanol–water partition coefficient (Wildman–Crippen LogP) is 0.973. The van der Waals surface area contributed by atoms with Crippen molar-refractivity contribution >= 4 is 5.97 Å². The lowest BCUT2D eigenvalue weighted by atomic mass is 9.99. The SMILES string of the molecule is O=C(O)[C@@H]1C2C[C@@H]3C1[C@H]3C2. The quantitative estimate of drug-likeness (QED) is 0.586. The van der Waals surface area contributed by atoms with Gasteiger partial charge in [-0.05, 0) is 36.5 Å². The van der Waals surface area contributed by atoms with E-state index in [1.165, 1.54) is 12.8 Å². The van der Waals surface area contributed by atoms with Crippen LogP contribution in [0.3, 0.4) is 0 Å². The Kier molecular flexibility index (Phi) is 0.644. The van der Waals surface area contributed by atoms with E-state index in [0.717, 1.165) is 11.8 Å². The Morgan fingerprint density at radius 3 is 2.10 bits per heavy atom. The fourth-order valence-corrected chi connectivity index (χ4v) is 3.44. The maximum atomic E-state index is 10.7. The summed E-state index contributed by atoms with van der Waals surface area (Å²) in [4.78, 5) is 10.7. The molecule has 54 valence electrons. The molecule has 0 aromatic heterocycles. The van der Waals surface area contributed by atoms with E-state index in [9.17, 15) is 4.79 Å². The zero-order chi connectivity index (χ0) is 6.88. The highest BCUT2D eigenvalue weighted by atomic mass is 16.4. The van der Waals surface area contributed by atoms with Gasteiger partial charge < -0.3 is 5.11 Å². The number of aliphatic carboxylic acids is 1. The standard InChI is InChI=1S/C8H10O2/c9-8(10)6-3-1-4-5(2-3)7(4)6/h3-7H,1-2H2,(H,9,10)/t3?,4-,5-,6+,7?/m0/s1. The van der Waals surface area contributed by atoms with Crippen molar-refractivity contribution in [2.45, 2.75) is 12.8 Å². The molecular weight excluding hydrogens is 128 g/mol. The molecule has 0 unspecified atom stereocenters. The van der Waals surface area contributed by atoms with Gasteiger partial charge in [0.1, 0.15) is 0 Å². The Bertz CT molecular complexity index is 197. The van der Waals surface area contributed by atoms with Gasteiger partial charge in [0, 0.05) is 0 Å². The Morgan fingerprint density at radius 1 is 1.30 bits per heavy atom. The van der Waals surface area contributed by atoms with Gasteiger partial charge in [-0.15, -0.1) is 0 Å². The van der Waals surface area contributed by atoms with E-state index < -0.39 is 5.97 Å². The molecule has 4 fully saturated rings. The van der Waals surface area contributed by atoms with Gasteiger partial charge in [0.2, 0.25) is 0 Å². The first-order valence-electron chi connectivity index (χ1n) is 4.02. The van der Waals surface area contributed by atoms with Crippen LogP contribution in [0.25, 0.3) is 0 Å².